The van der Waals surface area contributed by atoms with Gasteiger partial charge in [0.05, 0.1) is 29.1 Å². The van der Waals surface area contributed by atoms with Gasteiger partial charge < -0.3 is 5.32 Å². The van der Waals surface area contributed by atoms with Gasteiger partial charge in [0, 0.05) is 12.4 Å². The molecule has 0 fully saturated rings. The molecule has 24 heavy (non-hydrogen) atoms. The summed E-state index contributed by atoms with van der Waals surface area (Å²) in [6.07, 6.45) is 4.83. The van der Waals surface area contributed by atoms with Gasteiger partial charge in [0.25, 0.3) is 0 Å². The largest absolute Gasteiger partial charge is 0.322 e. The number of hydrogen-bond donors (Lipinski definition) is 1. The van der Waals surface area contributed by atoms with E-state index in [0.29, 0.717) is 22.9 Å². The minimum absolute atomic E-state index is 0.0582. The van der Waals surface area contributed by atoms with Gasteiger partial charge in [0.2, 0.25) is 5.91 Å². The molecule has 3 rings (SSSR count). The third-order valence-electron chi connectivity index (χ3n) is 3.34. The molecule has 0 unspecified atom stereocenters. The molecule has 0 aliphatic heterocycles. The van der Waals surface area contributed by atoms with Crippen LogP contribution in [0, 0.1) is 12.7 Å². The van der Waals surface area contributed by atoms with E-state index in [4.69, 9.17) is 11.6 Å². The SMILES string of the molecule is Cc1nn(CC(=O)Nc2cnn(Cc3cccc(F)c3)c2)cc1Cl. The minimum atomic E-state index is -0.290. The Hall–Kier alpha value is -2.67. The number of aryl methyl sites for hydroxylation is 1. The Morgan fingerprint density at radius 3 is 2.88 bits per heavy atom. The van der Waals surface area contributed by atoms with Crippen molar-refractivity contribution in [1.82, 2.24) is 19.6 Å². The molecule has 0 aliphatic carbocycles. The number of rotatable bonds is 5. The Balaban J connectivity index is 1.60. The van der Waals surface area contributed by atoms with Gasteiger partial charge >= 0.3 is 0 Å². The highest BCUT2D eigenvalue weighted by Crippen LogP contribution is 2.13. The number of halogens is 2. The highest BCUT2D eigenvalue weighted by atomic mass is 35.5. The van der Waals surface area contributed by atoms with Crippen LogP contribution in [0.5, 0.6) is 0 Å². The molecule has 1 N–H and O–H groups in total. The van der Waals surface area contributed by atoms with Crippen molar-refractivity contribution in [1.29, 1.82) is 0 Å². The van der Waals surface area contributed by atoms with E-state index in [9.17, 15) is 9.18 Å². The Kier molecular flexibility index (Phi) is 4.61. The number of carbonyl (C=O) groups is 1. The molecule has 0 aliphatic rings. The number of nitrogens with one attached hydrogen (secondary N) is 1. The van der Waals surface area contributed by atoms with E-state index in [1.54, 1.807) is 36.3 Å². The Bertz CT molecular complexity index is 853. The molecule has 0 spiro atoms. The number of carbonyl (C=O) groups excluding carboxylic acids is 1. The van der Waals surface area contributed by atoms with Gasteiger partial charge in [-0.2, -0.15) is 10.2 Å². The van der Waals surface area contributed by atoms with Crippen LogP contribution >= 0.6 is 11.6 Å². The van der Waals surface area contributed by atoms with Gasteiger partial charge in [-0.05, 0) is 24.6 Å². The van der Waals surface area contributed by atoms with Crippen LogP contribution in [0.4, 0.5) is 10.1 Å². The molecule has 1 aromatic carbocycles. The summed E-state index contributed by atoms with van der Waals surface area (Å²) in [7, 11) is 0. The van der Waals surface area contributed by atoms with E-state index in [-0.39, 0.29) is 18.3 Å². The summed E-state index contributed by atoms with van der Waals surface area (Å²) in [5.41, 5.74) is 2.02. The number of nitrogens with zero attached hydrogens (tertiary/aromatic N) is 4. The average Bonchev–Trinajstić information content (AvgIpc) is 3.06. The summed E-state index contributed by atoms with van der Waals surface area (Å²) in [5.74, 6) is -0.527. The summed E-state index contributed by atoms with van der Waals surface area (Å²) in [6, 6.07) is 6.30. The Labute approximate surface area is 142 Å². The maximum Gasteiger partial charge on any atom is 0.246 e. The summed E-state index contributed by atoms with van der Waals surface area (Å²) in [6.45, 7) is 2.25. The number of anilines is 1. The average molecular weight is 348 g/mol. The lowest BCUT2D eigenvalue weighted by molar-refractivity contribution is -0.116. The van der Waals surface area contributed by atoms with Crippen LogP contribution in [0.15, 0.2) is 42.9 Å². The summed E-state index contributed by atoms with van der Waals surface area (Å²) < 4.78 is 16.3. The van der Waals surface area contributed by atoms with Crippen molar-refractivity contribution < 1.29 is 9.18 Å². The monoisotopic (exact) mass is 347 g/mol. The summed E-state index contributed by atoms with van der Waals surface area (Å²) in [5, 5.41) is 11.5. The molecular weight excluding hydrogens is 333 g/mol. The minimum Gasteiger partial charge on any atom is -0.322 e. The summed E-state index contributed by atoms with van der Waals surface area (Å²) >= 11 is 5.91. The lowest BCUT2D eigenvalue weighted by Gasteiger charge is -2.03. The molecule has 0 atom stereocenters. The molecule has 0 saturated heterocycles. The standard InChI is InChI=1S/C16H15ClFN5O/c1-11-15(17)9-23(21-11)10-16(24)20-14-6-19-22(8-14)7-12-3-2-4-13(18)5-12/h2-6,8-9H,7,10H2,1H3,(H,20,24). The van der Waals surface area contributed by atoms with E-state index in [2.05, 4.69) is 15.5 Å². The molecule has 6 nitrogen and oxygen atoms in total. The fraction of sp³-hybridized carbons (Fsp3) is 0.188. The number of hydrogen-bond acceptors (Lipinski definition) is 3. The van der Waals surface area contributed by atoms with Gasteiger partial charge in [-0.15, -0.1) is 0 Å². The van der Waals surface area contributed by atoms with Gasteiger partial charge in [0.1, 0.15) is 12.4 Å². The zero-order chi connectivity index (χ0) is 17.1. The van der Waals surface area contributed by atoms with Crippen LogP contribution in [-0.4, -0.2) is 25.5 Å². The number of aromatic nitrogens is 4. The molecule has 0 saturated carbocycles. The summed E-state index contributed by atoms with van der Waals surface area (Å²) in [4.78, 5) is 12.0. The predicted octanol–water partition coefficient (Wildman–Crippen LogP) is 2.87. The predicted molar refractivity (Wildman–Crippen MR) is 88.3 cm³/mol. The second-order valence-corrected chi connectivity index (χ2v) is 5.77. The van der Waals surface area contributed by atoms with Crippen LogP contribution in [-0.2, 0) is 17.9 Å². The second kappa shape index (κ2) is 6.84. The molecule has 3 aromatic rings. The van der Waals surface area contributed by atoms with E-state index in [1.165, 1.54) is 16.8 Å². The molecule has 2 aromatic heterocycles. The highest BCUT2D eigenvalue weighted by Gasteiger charge is 2.09. The fourth-order valence-electron chi connectivity index (χ4n) is 2.26. The van der Waals surface area contributed by atoms with Crippen molar-refractivity contribution in [2.45, 2.75) is 20.0 Å². The van der Waals surface area contributed by atoms with E-state index < -0.39 is 0 Å². The molecule has 124 valence electrons. The molecule has 0 bridgehead atoms. The third-order valence-corrected chi connectivity index (χ3v) is 3.71. The number of benzene rings is 1. The highest BCUT2D eigenvalue weighted by molar-refractivity contribution is 6.31. The van der Waals surface area contributed by atoms with Crippen LogP contribution in [0.2, 0.25) is 5.02 Å². The van der Waals surface area contributed by atoms with Crippen LogP contribution in [0.3, 0.4) is 0 Å². The van der Waals surface area contributed by atoms with Crippen molar-refractivity contribution in [3.05, 3.63) is 65.0 Å². The maximum atomic E-state index is 13.2. The van der Waals surface area contributed by atoms with Gasteiger partial charge in [-0.25, -0.2) is 4.39 Å². The van der Waals surface area contributed by atoms with E-state index >= 15 is 0 Å². The lowest BCUT2D eigenvalue weighted by atomic mass is 10.2. The van der Waals surface area contributed by atoms with Crippen LogP contribution in [0.25, 0.3) is 0 Å². The maximum absolute atomic E-state index is 13.2. The molecular formula is C16H15ClFN5O. The zero-order valence-electron chi connectivity index (χ0n) is 12.9. The lowest BCUT2D eigenvalue weighted by Crippen LogP contribution is -2.18. The molecule has 8 heteroatoms. The normalized spacial score (nSPS) is 10.8. The fourth-order valence-corrected chi connectivity index (χ4v) is 2.41. The Morgan fingerprint density at radius 2 is 2.17 bits per heavy atom. The second-order valence-electron chi connectivity index (χ2n) is 5.36. The van der Waals surface area contributed by atoms with Crippen molar-refractivity contribution in [2.75, 3.05) is 5.32 Å². The Morgan fingerprint density at radius 1 is 1.33 bits per heavy atom. The first kappa shape index (κ1) is 16.2. The van der Waals surface area contributed by atoms with Gasteiger partial charge in [-0.1, -0.05) is 23.7 Å². The van der Waals surface area contributed by atoms with Gasteiger partial charge in [0.15, 0.2) is 0 Å². The van der Waals surface area contributed by atoms with E-state index in [0.717, 1.165) is 5.56 Å². The first-order chi connectivity index (χ1) is 11.5. The number of amides is 1. The molecule has 2 heterocycles. The smallest absolute Gasteiger partial charge is 0.246 e. The van der Waals surface area contributed by atoms with Crippen molar-refractivity contribution in [3.8, 4) is 0 Å². The third kappa shape index (κ3) is 3.99. The van der Waals surface area contributed by atoms with E-state index in [1.807, 2.05) is 6.07 Å². The van der Waals surface area contributed by atoms with Crippen molar-refractivity contribution in [3.63, 3.8) is 0 Å². The first-order valence-electron chi connectivity index (χ1n) is 7.26. The molecule has 1 amide bonds. The van der Waals surface area contributed by atoms with Gasteiger partial charge in [-0.3, -0.25) is 14.2 Å². The van der Waals surface area contributed by atoms with Crippen LogP contribution in [0.1, 0.15) is 11.3 Å². The molecule has 0 radical (unpaired) electrons. The van der Waals surface area contributed by atoms with Crippen LogP contribution < -0.4 is 5.32 Å². The van der Waals surface area contributed by atoms with Crippen molar-refractivity contribution in [2.24, 2.45) is 0 Å². The first-order valence-corrected chi connectivity index (χ1v) is 7.64. The topological polar surface area (TPSA) is 64.7 Å². The quantitative estimate of drug-likeness (QED) is 0.771. The van der Waals surface area contributed by atoms with Crippen molar-refractivity contribution >= 4 is 23.2 Å². The zero-order valence-corrected chi connectivity index (χ0v) is 13.7.